The average molecular weight is 434 g/mol. The van der Waals surface area contributed by atoms with Crippen LogP contribution >= 0.6 is 0 Å². The van der Waals surface area contributed by atoms with E-state index in [1.807, 2.05) is 24.3 Å². The van der Waals surface area contributed by atoms with E-state index in [2.05, 4.69) is 9.82 Å². The molecule has 3 heterocycles. The number of nitrogens with zero attached hydrogens (tertiary/aromatic N) is 3. The van der Waals surface area contributed by atoms with Gasteiger partial charge in [-0.15, -0.1) is 0 Å². The van der Waals surface area contributed by atoms with Gasteiger partial charge in [0.25, 0.3) is 0 Å². The Labute approximate surface area is 173 Å². The molecule has 0 spiro atoms. The van der Waals surface area contributed by atoms with Gasteiger partial charge >= 0.3 is 0 Å². The van der Waals surface area contributed by atoms with Crippen molar-refractivity contribution in [3.63, 3.8) is 0 Å². The minimum atomic E-state index is -3.75. The molecule has 10 nitrogen and oxygen atoms in total. The first-order chi connectivity index (χ1) is 14.4. The molecule has 1 aromatic heterocycles. The van der Waals surface area contributed by atoms with Crippen molar-refractivity contribution in [1.82, 2.24) is 14.7 Å². The molecule has 1 fully saturated rings. The highest BCUT2D eigenvalue weighted by atomic mass is 32.2. The SMILES string of the molecule is O=C1CCCC(=O)N1CCS(=O)(=O)Nc1cnn(C[C@@H]2COc3ccccc3O2)c1. The van der Waals surface area contributed by atoms with E-state index in [0.29, 0.717) is 36.8 Å². The largest absolute Gasteiger partial charge is 0.486 e. The molecule has 0 bridgehead atoms. The summed E-state index contributed by atoms with van der Waals surface area (Å²) >= 11 is 0. The molecule has 2 amide bonds. The number of nitrogens with one attached hydrogen (secondary N) is 1. The Hall–Kier alpha value is -3.08. The topological polar surface area (TPSA) is 120 Å². The van der Waals surface area contributed by atoms with Crippen LogP contribution in [0.4, 0.5) is 5.69 Å². The second-order valence-corrected chi connectivity index (χ2v) is 9.00. The Morgan fingerprint density at radius 1 is 1.13 bits per heavy atom. The number of hydrogen-bond donors (Lipinski definition) is 1. The molecule has 1 aromatic carbocycles. The third-order valence-corrected chi connectivity index (χ3v) is 6.10. The molecule has 0 aliphatic carbocycles. The van der Waals surface area contributed by atoms with Crippen molar-refractivity contribution >= 4 is 27.5 Å². The average Bonchev–Trinajstić information content (AvgIpc) is 3.13. The first-order valence-electron chi connectivity index (χ1n) is 9.64. The quantitative estimate of drug-likeness (QED) is 0.646. The van der Waals surface area contributed by atoms with Gasteiger partial charge in [0.1, 0.15) is 6.61 Å². The Balaban J connectivity index is 1.31. The molecule has 11 heteroatoms. The normalized spacial score (nSPS) is 19.1. The Bertz CT molecular complexity index is 1030. The fourth-order valence-corrected chi connectivity index (χ4v) is 4.36. The van der Waals surface area contributed by atoms with Crippen LogP contribution in [0, 0.1) is 0 Å². The summed E-state index contributed by atoms with van der Waals surface area (Å²) in [5.41, 5.74) is 0.295. The van der Waals surface area contributed by atoms with Crippen LogP contribution in [0.3, 0.4) is 0 Å². The highest BCUT2D eigenvalue weighted by Crippen LogP contribution is 2.31. The number of para-hydroxylation sites is 2. The van der Waals surface area contributed by atoms with E-state index in [4.69, 9.17) is 9.47 Å². The maximum Gasteiger partial charge on any atom is 0.234 e. The number of sulfonamides is 1. The Morgan fingerprint density at radius 3 is 2.63 bits per heavy atom. The van der Waals surface area contributed by atoms with Gasteiger partial charge < -0.3 is 9.47 Å². The second kappa shape index (κ2) is 8.34. The number of hydrogen-bond acceptors (Lipinski definition) is 7. The third kappa shape index (κ3) is 4.73. The zero-order valence-corrected chi connectivity index (χ0v) is 17.0. The number of aromatic nitrogens is 2. The zero-order chi connectivity index (χ0) is 21.1. The number of rotatable bonds is 7. The molecule has 1 atom stereocenters. The zero-order valence-electron chi connectivity index (χ0n) is 16.2. The van der Waals surface area contributed by atoms with Crippen LogP contribution in [-0.4, -0.2) is 59.9 Å². The Morgan fingerprint density at radius 2 is 1.87 bits per heavy atom. The Kier molecular flexibility index (Phi) is 5.62. The molecule has 0 saturated carbocycles. The minimum Gasteiger partial charge on any atom is -0.486 e. The monoisotopic (exact) mass is 434 g/mol. The molecular weight excluding hydrogens is 412 g/mol. The van der Waals surface area contributed by atoms with Gasteiger partial charge in [-0.25, -0.2) is 8.42 Å². The summed E-state index contributed by atoms with van der Waals surface area (Å²) in [6.45, 7) is 0.580. The van der Waals surface area contributed by atoms with Gasteiger partial charge in [0.2, 0.25) is 21.8 Å². The number of piperidine rings is 1. The molecule has 0 unspecified atom stereocenters. The first-order valence-corrected chi connectivity index (χ1v) is 11.3. The number of carbonyl (C=O) groups excluding carboxylic acids is 2. The van der Waals surface area contributed by atoms with E-state index < -0.39 is 10.0 Å². The summed E-state index contributed by atoms with van der Waals surface area (Å²) < 4.78 is 40.2. The summed E-state index contributed by atoms with van der Waals surface area (Å²) in [5.74, 6) is 0.319. The van der Waals surface area contributed by atoms with Gasteiger partial charge in [-0.3, -0.25) is 23.9 Å². The lowest BCUT2D eigenvalue weighted by molar-refractivity contribution is -0.147. The van der Waals surface area contributed by atoms with Crippen LogP contribution in [0.25, 0.3) is 0 Å². The van der Waals surface area contributed by atoms with Gasteiger partial charge in [0.05, 0.1) is 24.2 Å². The van der Waals surface area contributed by atoms with E-state index in [0.717, 1.165) is 4.90 Å². The van der Waals surface area contributed by atoms with Crippen molar-refractivity contribution in [2.24, 2.45) is 0 Å². The minimum absolute atomic E-state index is 0.159. The predicted molar refractivity (Wildman–Crippen MR) is 107 cm³/mol. The van der Waals surface area contributed by atoms with Crippen LogP contribution < -0.4 is 14.2 Å². The van der Waals surface area contributed by atoms with Crippen LogP contribution in [0.1, 0.15) is 19.3 Å². The lowest BCUT2D eigenvalue weighted by Crippen LogP contribution is -2.43. The highest BCUT2D eigenvalue weighted by molar-refractivity contribution is 7.92. The molecule has 0 radical (unpaired) electrons. The molecule has 4 rings (SSSR count). The standard InChI is InChI=1S/C19H22N4O6S/c24-18-6-3-7-19(25)23(18)8-9-30(26,27)21-14-10-20-22(11-14)12-15-13-28-16-4-1-2-5-17(16)29-15/h1-2,4-5,10-11,15,21H,3,6-9,12-13H2/t15-/m1/s1. The van der Waals surface area contributed by atoms with Crippen LogP contribution in [0.15, 0.2) is 36.7 Å². The molecule has 2 aliphatic heterocycles. The molecule has 160 valence electrons. The van der Waals surface area contributed by atoms with Crippen molar-refractivity contribution in [2.75, 3.05) is 23.6 Å². The second-order valence-electron chi connectivity index (χ2n) is 7.16. The van der Waals surface area contributed by atoms with Crippen molar-refractivity contribution in [2.45, 2.75) is 31.9 Å². The maximum absolute atomic E-state index is 12.4. The number of fused-ring (bicyclic) bond motifs is 1. The van der Waals surface area contributed by atoms with E-state index in [-0.39, 0.29) is 43.1 Å². The van der Waals surface area contributed by atoms with Crippen molar-refractivity contribution in [3.05, 3.63) is 36.7 Å². The van der Waals surface area contributed by atoms with Crippen LogP contribution in [-0.2, 0) is 26.2 Å². The van der Waals surface area contributed by atoms with E-state index in [1.54, 1.807) is 10.9 Å². The number of anilines is 1. The van der Waals surface area contributed by atoms with E-state index in [9.17, 15) is 18.0 Å². The summed E-state index contributed by atoms with van der Waals surface area (Å²) in [6, 6.07) is 7.38. The van der Waals surface area contributed by atoms with Gasteiger partial charge in [-0.1, -0.05) is 12.1 Å². The van der Waals surface area contributed by atoms with Gasteiger partial charge in [0.15, 0.2) is 17.6 Å². The lowest BCUT2D eigenvalue weighted by atomic mass is 10.1. The van der Waals surface area contributed by atoms with Crippen molar-refractivity contribution in [3.8, 4) is 11.5 Å². The number of imide groups is 1. The maximum atomic E-state index is 12.4. The first kappa shape index (κ1) is 20.2. The fourth-order valence-electron chi connectivity index (χ4n) is 3.37. The highest BCUT2D eigenvalue weighted by Gasteiger charge is 2.27. The van der Waals surface area contributed by atoms with Gasteiger partial charge in [0, 0.05) is 25.6 Å². The molecule has 1 N–H and O–H groups in total. The van der Waals surface area contributed by atoms with Crippen LogP contribution in [0.2, 0.25) is 0 Å². The summed E-state index contributed by atoms with van der Waals surface area (Å²) in [7, 11) is -3.75. The smallest absolute Gasteiger partial charge is 0.234 e. The van der Waals surface area contributed by atoms with Crippen molar-refractivity contribution in [1.29, 1.82) is 0 Å². The summed E-state index contributed by atoms with van der Waals surface area (Å²) in [4.78, 5) is 24.6. The molecular formula is C19H22N4O6S. The van der Waals surface area contributed by atoms with Crippen LogP contribution in [0.5, 0.6) is 11.5 Å². The molecule has 30 heavy (non-hydrogen) atoms. The van der Waals surface area contributed by atoms with Gasteiger partial charge in [-0.2, -0.15) is 5.10 Å². The van der Waals surface area contributed by atoms with E-state index >= 15 is 0 Å². The number of benzene rings is 1. The van der Waals surface area contributed by atoms with Crippen molar-refractivity contribution < 1.29 is 27.5 Å². The summed E-state index contributed by atoms with van der Waals surface area (Å²) in [5, 5.41) is 4.16. The van der Waals surface area contributed by atoms with E-state index in [1.165, 1.54) is 6.20 Å². The number of ether oxygens (including phenoxy) is 2. The predicted octanol–water partition coefficient (Wildman–Crippen LogP) is 1.00. The molecule has 2 aliphatic rings. The molecule has 1 saturated heterocycles. The number of amides is 2. The number of carbonyl (C=O) groups is 2. The lowest BCUT2D eigenvalue weighted by Gasteiger charge is -2.26. The summed E-state index contributed by atoms with van der Waals surface area (Å²) in [6.07, 6.45) is 3.73. The fraction of sp³-hybridized carbons (Fsp3) is 0.421. The van der Waals surface area contributed by atoms with Gasteiger partial charge in [-0.05, 0) is 18.6 Å². The number of likely N-dealkylation sites (tertiary alicyclic amines) is 1. The third-order valence-electron chi connectivity index (χ3n) is 4.83. The molecule has 2 aromatic rings.